The van der Waals surface area contributed by atoms with E-state index in [0.717, 1.165) is 29.2 Å². The van der Waals surface area contributed by atoms with E-state index < -0.39 is 47.0 Å². The third-order valence-corrected chi connectivity index (χ3v) is 6.36. The molecule has 1 saturated heterocycles. The standard InChI is InChI=1S/C28H18F3N3O6/c1-40-22-10-9-15(11-16(22)14-33-24(36)19-7-2-3-8-20(19)25(33)37)12-21-23(35)32-27(39)34(26(21)38)18-6-4-5-17(13-18)28(29,30)31/h2-13H,14H2,1H3,(H,32,35,39). The minimum atomic E-state index is -4.72. The molecule has 12 heteroatoms. The number of anilines is 1. The van der Waals surface area contributed by atoms with E-state index in [9.17, 15) is 37.1 Å². The number of halogens is 3. The average Bonchev–Trinajstić information content (AvgIpc) is 3.16. The van der Waals surface area contributed by atoms with Gasteiger partial charge in [0.05, 0.1) is 36.0 Å². The highest BCUT2D eigenvalue weighted by atomic mass is 19.4. The van der Waals surface area contributed by atoms with Crippen LogP contribution in [0.3, 0.4) is 0 Å². The van der Waals surface area contributed by atoms with Crippen molar-refractivity contribution in [3.8, 4) is 5.75 Å². The van der Waals surface area contributed by atoms with Crippen molar-refractivity contribution in [3.63, 3.8) is 0 Å². The van der Waals surface area contributed by atoms with E-state index in [2.05, 4.69) is 0 Å². The van der Waals surface area contributed by atoms with Crippen LogP contribution in [0.15, 0.2) is 72.3 Å². The van der Waals surface area contributed by atoms with Gasteiger partial charge in [-0.15, -0.1) is 0 Å². The molecule has 5 rings (SSSR count). The molecule has 3 aromatic carbocycles. The van der Waals surface area contributed by atoms with Crippen LogP contribution in [0.2, 0.25) is 0 Å². The molecule has 0 aliphatic carbocycles. The molecule has 1 N–H and O–H groups in total. The number of methoxy groups -OCH3 is 1. The van der Waals surface area contributed by atoms with Gasteiger partial charge in [-0.1, -0.05) is 24.3 Å². The van der Waals surface area contributed by atoms with Gasteiger partial charge in [-0.25, -0.2) is 9.69 Å². The molecule has 0 aromatic heterocycles. The van der Waals surface area contributed by atoms with Gasteiger partial charge in [0.15, 0.2) is 0 Å². The highest BCUT2D eigenvalue weighted by Gasteiger charge is 2.39. The van der Waals surface area contributed by atoms with Gasteiger partial charge >= 0.3 is 12.2 Å². The molecular formula is C28H18F3N3O6. The lowest BCUT2D eigenvalue weighted by Crippen LogP contribution is -2.54. The summed E-state index contributed by atoms with van der Waals surface area (Å²) >= 11 is 0. The van der Waals surface area contributed by atoms with E-state index >= 15 is 0 Å². The van der Waals surface area contributed by atoms with Crippen LogP contribution in [0, 0.1) is 0 Å². The number of carbonyl (C=O) groups excluding carboxylic acids is 5. The highest BCUT2D eigenvalue weighted by molar-refractivity contribution is 6.39. The maximum absolute atomic E-state index is 13.2. The Bertz CT molecular complexity index is 1610. The lowest BCUT2D eigenvalue weighted by molar-refractivity contribution is -0.137. The average molecular weight is 549 g/mol. The molecule has 6 amide bonds. The molecule has 2 aliphatic heterocycles. The van der Waals surface area contributed by atoms with Crippen molar-refractivity contribution in [2.75, 3.05) is 12.0 Å². The van der Waals surface area contributed by atoms with Gasteiger partial charge in [0.25, 0.3) is 23.6 Å². The topological polar surface area (TPSA) is 113 Å². The van der Waals surface area contributed by atoms with E-state index in [1.54, 1.807) is 24.3 Å². The first-order valence-corrected chi connectivity index (χ1v) is 11.7. The number of nitrogens with zero attached hydrogens (tertiary/aromatic N) is 2. The number of carbonyl (C=O) groups is 5. The van der Waals surface area contributed by atoms with E-state index in [1.807, 2.05) is 5.32 Å². The Morgan fingerprint density at radius 1 is 0.850 bits per heavy atom. The van der Waals surface area contributed by atoms with Crippen molar-refractivity contribution in [2.24, 2.45) is 0 Å². The van der Waals surface area contributed by atoms with Gasteiger partial charge in [0.1, 0.15) is 11.3 Å². The third kappa shape index (κ3) is 4.59. The molecule has 0 bridgehead atoms. The maximum Gasteiger partial charge on any atom is 0.416 e. The third-order valence-electron chi connectivity index (χ3n) is 6.36. The summed E-state index contributed by atoms with van der Waals surface area (Å²) < 4.78 is 45.0. The molecule has 0 atom stereocenters. The summed E-state index contributed by atoms with van der Waals surface area (Å²) in [5.41, 5.74) is -0.821. The molecule has 2 aliphatic rings. The fraction of sp³-hybridized carbons (Fsp3) is 0.107. The van der Waals surface area contributed by atoms with E-state index in [0.29, 0.717) is 22.3 Å². The second-order valence-electron chi connectivity index (χ2n) is 8.82. The molecule has 3 aromatic rings. The SMILES string of the molecule is COc1ccc(C=C2C(=O)NC(=O)N(c3cccc(C(F)(F)F)c3)C2=O)cc1CN1C(=O)c2ccccc2C1=O. The van der Waals surface area contributed by atoms with E-state index in [4.69, 9.17) is 4.74 Å². The van der Waals surface area contributed by atoms with Crippen LogP contribution in [-0.4, -0.2) is 41.7 Å². The van der Waals surface area contributed by atoms with Gasteiger partial charge in [-0.2, -0.15) is 13.2 Å². The smallest absolute Gasteiger partial charge is 0.416 e. The van der Waals surface area contributed by atoms with Gasteiger partial charge in [0, 0.05) is 5.56 Å². The number of benzene rings is 3. The zero-order valence-corrected chi connectivity index (χ0v) is 20.6. The summed E-state index contributed by atoms with van der Waals surface area (Å²) in [6.45, 7) is -0.179. The number of alkyl halides is 3. The van der Waals surface area contributed by atoms with Crippen LogP contribution in [0.1, 0.15) is 37.4 Å². The zero-order chi connectivity index (χ0) is 28.8. The molecule has 0 spiro atoms. The molecule has 202 valence electrons. The molecule has 9 nitrogen and oxygen atoms in total. The summed E-state index contributed by atoms with van der Waals surface area (Å²) in [5.74, 6) is -2.85. The van der Waals surface area contributed by atoms with Crippen LogP contribution < -0.4 is 15.0 Å². The van der Waals surface area contributed by atoms with Crippen LogP contribution in [0.5, 0.6) is 5.75 Å². The molecule has 1 fully saturated rings. The largest absolute Gasteiger partial charge is 0.496 e. The summed E-state index contributed by atoms with van der Waals surface area (Å²) in [5, 5.41) is 1.96. The lowest BCUT2D eigenvalue weighted by atomic mass is 10.0. The van der Waals surface area contributed by atoms with Gasteiger partial charge in [0.2, 0.25) is 0 Å². The monoisotopic (exact) mass is 549 g/mol. The van der Waals surface area contributed by atoms with Gasteiger partial charge in [-0.3, -0.25) is 29.4 Å². The minimum absolute atomic E-state index is 0.179. The second-order valence-corrected chi connectivity index (χ2v) is 8.82. The van der Waals surface area contributed by atoms with Gasteiger partial charge in [-0.05, 0) is 54.1 Å². The number of urea groups is 1. The van der Waals surface area contributed by atoms with Gasteiger partial charge < -0.3 is 4.74 Å². The quantitative estimate of drug-likeness (QED) is 0.290. The van der Waals surface area contributed by atoms with Crippen molar-refractivity contribution in [1.29, 1.82) is 0 Å². The van der Waals surface area contributed by atoms with Crippen molar-refractivity contribution in [2.45, 2.75) is 12.7 Å². The number of fused-ring (bicyclic) bond motifs is 1. The Labute approximate surface area is 224 Å². The predicted molar refractivity (Wildman–Crippen MR) is 134 cm³/mol. The Morgan fingerprint density at radius 3 is 2.15 bits per heavy atom. The Hall–Kier alpha value is -5.26. The molecular weight excluding hydrogens is 531 g/mol. The first-order valence-electron chi connectivity index (χ1n) is 11.7. The second kappa shape index (κ2) is 9.80. The number of nitrogens with one attached hydrogen (secondary N) is 1. The zero-order valence-electron chi connectivity index (χ0n) is 20.6. The predicted octanol–water partition coefficient (Wildman–Crippen LogP) is 4.18. The number of hydrogen-bond acceptors (Lipinski definition) is 6. The summed E-state index contributed by atoms with van der Waals surface area (Å²) in [6, 6.07) is 13.2. The van der Waals surface area contributed by atoms with Crippen molar-refractivity contribution in [3.05, 3.63) is 100 Å². The lowest BCUT2D eigenvalue weighted by Gasteiger charge is -2.27. The number of barbiturate groups is 1. The number of hydrogen-bond donors (Lipinski definition) is 1. The maximum atomic E-state index is 13.2. The van der Waals surface area contributed by atoms with Crippen molar-refractivity contribution >= 4 is 41.4 Å². The number of imide groups is 3. The Morgan fingerprint density at radius 2 is 1.52 bits per heavy atom. The molecule has 2 heterocycles. The van der Waals surface area contributed by atoms with Crippen LogP contribution in [-0.2, 0) is 22.3 Å². The number of ether oxygens (including phenoxy) is 1. The van der Waals surface area contributed by atoms with Crippen LogP contribution >= 0.6 is 0 Å². The number of amides is 6. The summed E-state index contributed by atoms with van der Waals surface area (Å²) in [6.07, 6.45) is -3.57. The Kier molecular flexibility index (Phi) is 6.46. The highest BCUT2D eigenvalue weighted by Crippen LogP contribution is 2.33. The summed E-state index contributed by atoms with van der Waals surface area (Å²) in [4.78, 5) is 65.3. The van der Waals surface area contributed by atoms with E-state index in [-0.39, 0.29) is 28.9 Å². The summed E-state index contributed by atoms with van der Waals surface area (Å²) in [7, 11) is 1.38. The van der Waals surface area contributed by atoms with Crippen molar-refractivity contribution in [1.82, 2.24) is 10.2 Å². The minimum Gasteiger partial charge on any atom is -0.496 e. The molecule has 0 unspecified atom stereocenters. The molecule has 0 radical (unpaired) electrons. The fourth-order valence-electron chi connectivity index (χ4n) is 4.44. The first-order chi connectivity index (χ1) is 19.0. The molecule has 0 saturated carbocycles. The van der Waals surface area contributed by atoms with Crippen LogP contribution in [0.4, 0.5) is 23.7 Å². The Balaban J connectivity index is 1.48. The van der Waals surface area contributed by atoms with Crippen molar-refractivity contribution < 1.29 is 41.9 Å². The van der Waals surface area contributed by atoms with E-state index in [1.165, 1.54) is 25.3 Å². The fourth-order valence-corrected chi connectivity index (χ4v) is 4.44. The normalized spacial score (nSPS) is 16.5. The van der Waals surface area contributed by atoms with Crippen LogP contribution in [0.25, 0.3) is 6.08 Å². The first kappa shape index (κ1) is 26.4. The number of rotatable bonds is 5. The molecule has 40 heavy (non-hydrogen) atoms.